The first-order chi connectivity index (χ1) is 5.11. The molecule has 1 unspecified atom stereocenters. The molecule has 1 rings (SSSR count). The number of ketones is 1. The van der Waals surface area contributed by atoms with Gasteiger partial charge < -0.3 is 5.11 Å². The van der Waals surface area contributed by atoms with Crippen LogP contribution in [0.5, 0.6) is 0 Å². The first-order valence-electron chi connectivity index (χ1n) is 3.37. The Morgan fingerprint density at radius 2 is 2.36 bits per heavy atom. The first-order valence-corrected chi connectivity index (χ1v) is 4.16. The lowest BCUT2D eigenvalue weighted by atomic mass is 9.95. The molecule has 1 atom stereocenters. The quantitative estimate of drug-likeness (QED) is 0.731. The Morgan fingerprint density at radius 3 is 2.82 bits per heavy atom. The normalized spacial score (nSPS) is 24.0. The predicted molar refractivity (Wildman–Crippen MR) is 46.5 cm³/mol. The average Bonchev–Trinajstić information content (AvgIpc) is 1.94. The number of Topliss-reactive ketones (excluding diaryl/α,β-unsaturated/α-hetero) is 1. The van der Waals surface area contributed by atoms with Gasteiger partial charge in [-0.1, -0.05) is 15.9 Å². The molecule has 1 aliphatic rings. The van der Waals surface area contributed by atoms with Crippen LogP contribution in [-0.2, 0) is 4.79 Å². The third-order valence-electron chi connectivity index (χ3n) is 1.68. The highest BCUT2D eigenvalue weighted by Crippen LogP contribution is 2.27. The Kier molecular flexibility index (Phi) is 2.49. The van der Waals surface area contributed by atoms with E-state index in [-0.39, 0.29) is 17.5 Å². The molecule has 0 heterocycles. The van der Waals surface area contributed by atoms with Gasteiger partial charge >= 0.3 is 0 Å². The molecule has 3 heteroatoms. The number of hydrogen-bond acceptors (Lipinski definition) is 2. The maximum atomic E-state index is 10.9. The Bertz CT molecular complexity index is 240. The molecule has 0 saturated heterocycles. The van der Waals surface area contributed by atoms with Gasteiger partial charge in [-0.05, 0) is 30.0 Å². The summed E-state index contributed by atoms with van der Waals surface area (Å²) >= 11 is 3.28. The largest absolute Gasteiger partial charge is 0.512 e. The van der Waals surface area contributed by atoms with Gasteiger partial charge in [0.25, 0.3) is 0 Å². The van der Waals surface area contributed by atoms with Crippen LogP contribution in [-0.4, -0.2) is 10.9 Å². The van der Waals surface area contributed by atoms with Crippen molar-refractivity contribution in [2.45, 2.75) is 13.3 Å². The van der Waals surface area contributed by atoms with Crippen LogP contribution in [0.2, 0.25) is 0 Å². The predicted octanol–water partition coefficient (Wildman–Crippen LogP) is 2.32. The van der Waals surface area contributed by atoms with Crippen molar-refractivity contribution in [2.24, 2.45) is 5.92 Å². The van der Waals surface area contributed by atoms with Crippen LogP contribution < -0.4 is 0 Å². The van der Waals surface area contributed by atoms with Crippen LogP contribution in [0.25, 0.3) is 0 Å². The van der Waals surface area contributed by atoms with Crippen LogP contribution in [0.3, 0.4) is 0 Å². The number of allylic oxidation sites excluding steroid dienone is 4. The van der Waals surface area contributed by atoms with Crippen molar-refractivity contribution in [3.05, 3.63) is 22.4 Å². The van der Waals surface area contributed by atoms with Crippen LogP contribution in [0.15, 0.2) is 22.4 Å². The number of aliphatic hydroxyl groups excluding tert-OH is 1. The number of carbonyl (C=O) groups excluding carboxylic acids is 1. The average molecular weight is 217 g/mol. The molecular weight excluding hydrogens is 208 g/mol. The van der Waals surface area contributed by atoms with Gasteiger partial charge in [-0.2, -0.15) is 0 Å². The van der Waals surface area contributed by atoms with Gasteiger partial charge in [0.15, 0.2) is 0 Å². The Balaban J connectivity index is 2.81. The molecule has 1 N–H and O–H groups in total. The van der Waals surface area contributed by atoms with Gasteiger partial charge in [0.05, 0.1) is 5.92 Å². The topological polar surface area (TPSA) is 37.3 Å². The van der Waals surface area contributed by atoms with E-state index in [0.717, 1.165) is 4.48 Å². The van der Waals surface area contributed by atoms with Gasteiger partial charge in [0.1, 0.15) is 11.5 Å². The van der Waals surface area contributed by atoms with Crippen LogP contribution in [0, 0.1) is 5.92 Å². The van der Waals surface area contributed by atoms with Gasteiger partial charge in [0, 0.05) is 0 Å². The maximum Gasteiger partial charge on any atom is 0.140 e. The van der Waals surface area contributed by atoms with E-state index in [1.807, 2.05) is 0 Å². The second-order valence-electron chi connectivity index (χ2n) is 2.57. The Hall–Kier alpha value is -0.570. The van der Waals surface area contributed by atoms with Crippen molar-refractivity contribution in [3.63, 3.8) is 0 Å². The highest BCUT2D eigenvalue weighted by molar-refractivity contribution is 9.11. The van der Waals surface area contributed by atoms with Crippen molar-refractivity contribution in [1.82, 2.24) is 0 Å². The summed E-state index contributed by atoms with van der Waals surface area (Å²) in [6.45, 7) is 1.49. The lowest BCUT2D eigenvalue weighted by molar-refractivity contribution is -0.120. The van der Waals surface area contributed by atoms with E-state index in [4.69, 9.17) is 0 Å². The Labute approximate surface area is 73.7 Å². The second kappa shape index (κ2) is 3.22. The standard InChI is InChI=1S/C8H9BrO2/c1-5(10)7-4-6(9)2-3-8(7)11/h2-3,7,11H,4H2,1H3. The fourth-order valence-electron chi connectivity index (χ4n) is 1.01. The number of halogens is 1. The summed E-state index contributed by atoms with van der Waals surface area (Å²) in [5.74, 6) is -0.168. The monoisotopic (exact) mass is 216 g/mol. The molecule has 0 aromatic heterocycles. The number of aliphatic hydroxyl groups is 1. The molecular formula is C8H9BrO2. The van der Waals surface area contributed by atoms with Crippen molar-refractivity contribution in [2.75, 3.05) is 0 Å². The molecule has 0 bridgehead atoms. The molecule has 0 fully saturated rings. The molecule has 0 spiro atoms. The van der Waals surface area contributed by atoms with Gasteiger partial charge in [-0.15, -0.1) is 0 Å². The summed E-state index contributed by atoms with van der Waals surface area (Å²) in [7, 11) is 0. The fourth-order valence-corrected chi connectivity index (χ4v) is 1.47. The van der Waals surface area contributed by atoms with E-state index in [2.05, 4.69) is 15.9 Å². The zero-order valence-electron chi connectivity index (χ0n) is 6.17. The van der Waals surface area contributed by atoms with Crippen molar-refractivity contribution in [1.29, 1.82) is 0 Å². The minimum atomic E-state index is -0.339. The lowest BCUT2D eigenvalue weighted by Gasteiger charge is -2.15. The minimum absolute atomic E-state index is 0.00352. The molecule has 11 heavy (non-hydrogen) atoms. The molecule has 0 radical (unpaired) electrons. The number of rotatable bonds is 1. The molecule has 2 nitrogen and oxygen atoms in total. The fraction of sp³-hybridized carbons (Fsp3) is 0.375. The number of hydrogen-bond donors (Lipinski definition) is 1. The highest BCUT2D eigenvalue weighted by atomic mass is 79.9. The second-order valence-corrected chi connectivity index (χ2v) is 3.59. The minimum Gasteiger partial charge on any atom is -0.512 e. The molecule has 0 saturated carbocycles. The SMILES string of the molecule is CC(=O)C1CC(Br)=CC=C1O. The summed E-state index contributed by atoms with van der Waals surface area (Å²) in [6.07, 6.45) is 3.89. The highest BCUT2D eigenvalue weighted by Gasteiger charge is 2.21. The van der Waals surface area contributed by atoms with Crippen LogP contribution >= 0.6 is 15.9 Å². The van der Waals surface area contributed by atoms with Crippen LogP contribution in [0.4, 0.5) is 0 Å². The number of carbonyl (C=O) groups is 1. The third-order valence-corrected chi connectivity index (χ3v) is 2.27. The Morgan fingerprint density at radius 1 is 1.73 bits per heavy atom. The summed E-state index contributed by atoms with van der Waals surface area (Å²) in [5, 5.41) is 9.23. The first kappa shape index (κ1) is 8.53. The lowest BCUT2D eigenvalue weighted by Crippen LogP contribution is -2.15. The van der Waals surface area contributed by atoms with E-state index in [1.54, 1.807) is 12.2 Å². The summed E-state index contributed by atoms with van der Waals surface area (Å²) < 4.78 is 0.954. The van der Waals surface area contributed by atoms with Crippen molar-refractivity contribution < 1.29 is 9.90 Å². The smallest absolute Gasteiger partial charge is 0.140 e. The summed E-state index contributed by atoms with van der Waals surface area (Å²) in [4.78, 5) is 10.9. The maximum absolute atomic E-state index is 10.9. The zero-order valence-corrected chi connectivity index (χ0v) is 7.76. The van der Waals surface area contributed by atoms with E-state index < -0.39 is 0 Å². The van der Waals surface area contributed by atoms with Crippen LogP contribution in [0.1, 0.15) is 13.3 Å². The van der Waals surface area contributed by atoms with Gasteiger partial charge in [0.2, 0.25) is 0 Å². The van der Waals surface area contributed by atoms with Crippen molar-refractivity contribution in [3.8, 4) is 0 Å². The molecule has 0 aromatic carbocycles. The molecule has 0 amide bonds. The van der Waals surface area contributed by atoms with E-state index in [1.165, 1.54) is 6.92 Å². The summed E-state index contributed by atoms with van der Waals surface area (Å²) in [5.41, 5.74) is 0. The third kappa shape index (κ3) is 1.93. The molecule has 0 aromatic rings. The zero-order chi connectivity index (χ0) is 8.43. The van der Waals surface area contributed by atoms with Gasteiger partial charge in [-0.25, -0.2) is 0 Å². The van der Waals surface area contributed by atoms with E-state index in [0.29, 0.717) is 6.42 Å². The summed E-state index contributed by atoms with van der Waals surface area (Å²) in [6, 6.07) is 0. The molecule has 1 aliphatic carbocycles. The van der Waals surface area contributed by atoms with Gasteiger partial charge in [-0.3, -0.25) is 4.79 Å². The van der Waals surface area contributed by atoms with E-state index >= 15 is 0 Å². The van der Waals surface area contributed by atoms with Crippen molar-refractivity contribution >= 4 is 21.7 Å². The van der Waals surface area contributed by atoms with E-state index in [9.17, 15) is 9.90 Å². The molecule has 60 valence electrons. The molecule has 0 aliphatic heterocycles.